The predicted molar refractivity (Wildman–Crippen MR) is 69.1 cm³/mol. The van der Waals surface area contributed by atoms with Crippen LogP contribution in [0, 0.1) is 0 Å². The number of carbonyl (C=O) groups is 2. The van der Waals surface area contributed by atoms with Gasteiger partial charge in [-0.1, -0.05) is 12.1 Å². The van der Waals surface area contributed by atoms with Gasteiger partial charge in [-0.3, -0.25) is 0 Å². The minimum atomic E-state index is -0.469. The lowest BCUT2D eigenvalue weighted by Crippen LogP contribution is -2.23. The lowest BCUT2D eigenvalue weighted by atomic mass is 10.0. The van der Waals surface area contributed by atoms with Crippen LogP contribution in [0.3, 0.4) is 0 Å². The Balaban J connectivity index is 2.18. The number of rotatable bonds is 0. The molecule has 4 bridgehead atoms. The SMILES string of the molecule is CC1COC(=O)c2ccc3cc(ccc3c2)C(=O)O1. The van der Waals surface area contributed by atoms with Crippen LogP contribution in [0.15, 0.2) is 36.4 Å². The summed E-state index contributed by atoms with van der Waals surface area (Å²) < 4.78 is 10.3. The topological polar surface area (TPSA) is 52.6 Å². The van der Waals surface area contributed by atoms with E-state index < -0.39 is 18.0 Å². The molecule has 0 saturated heterocycles. The summed E-state index contributed by atoms with van der Waals surface area (Å²) in [5, 5.41) is 1.78. The third-order valence-corrected chi connectivity index (χ3v) is 3.07. The highest BCUT2D eigenvalue weighted by Crippen LogP contribution is 2.20. The summed E-state index contributed by atoms with van der Waals surface area (Å²) in [6, 6.07) is 10.5. The summed E-state index contributed by atoms with van der Waals surface area (Å²) in [7, 11) is 0. The summed E-state index contributed by atoms with van der Waals surface area (Å²) in [6.07, 6.45) is -0.469. The molecule has 0 fully saturated rings. The first-order chi connectivity index (χ1) is 9.13. The number of benzene rings is 2. The minimum absolute atomic E-state index is 0.0542. The second-order valence-corrected chi connectivity index (χ2v) is 4.59. The molecule has 0 saturated carbocycles. The molecular weight excluding hydrogens is 244 g/mol. The minimum Gasteiger partial charge on any atom is -0.458 e. The van der Waals surface area contributed by atoms with Crippen molar-refractivity contribution >= 4 is 22.7 Å². The number of fused-ring (bicyclic) bond motifs is 2. The van der Waals surface area contributed by atoms with E-state index in [0.29, 0.717) is 11.1 Å². The quantitative estimate of drug-likeness (QED) is 0.680. The Morgan fingerprint density at radius 1 is 0.947 bits per heavy atom. The summed E-state index contributed by atoms with van der Waals surface area (Å²) in [5.74, 6) is -0.815. The van der Waals surface area contributed by atoms with E-state index in [4.69, 9.17) is 9.47 Å². The zero-order valence-corrected chi connectivity index (χ0v) is 10.4. The highest BCUT2D eigenvalue weighted by atomic mass is 16.6. The molecule has 4 nitrogen and oxygen atoms in total. The van der Waals surface area contributed by atoms with E-state index in [2.05, 4.69) is 0 Å². The number of hydrogen-bond donors (Lipinski definition) is 0. The average molecular weight is 256 g/mol. The molecule has 2 aromatic rings. The molecule has 0 amide bonds. The van der Waals surface area contributed by atoms with Crippen molar-refractivity contribution in [2.45, 2.75) is 13.0 Å². The van der Waals surface area contributed by atoms with Crippen molar-refractivity contribution in [2.24, 2.45) is 0 Å². The highest BCUT2D eigenvalue weighted by Gasteiger charge is 2.17. The van der Waals surface area contributed by atoms with Crippen LogP contribution in [-0.4, -0.2) is 24.6 Å². The average Bonchev–Trinajstić information content (AvgIpc) is 2.42. The van der Waals surface area contributed by atoms with Crippen LogP contribution in [0.25, 0.3) is 10.8 Å². The van der Waals surface area contributed by atoms with Crippen LogP contribution in [0.4, 0.5) is 0 Å². The Kier molecular flexibility index (Phi) is 2.71. The Morgan fingerprint density at radius 3 is 2.16 bits per heavy atom. The van der Waals surface area contributed by atoms with Crippen LogP contribution in [-0.2, 0) is 9.47 Å². The van der Waals surface area contributed by atoms with E-state index in [-0.39, 0.29) is 6.61 Å². The van der Waals surface area contributed by atoms with Gasteiger partial charge in [0.05, 0.1) is 11.1 Å². The van der Waals surface area contributed by atoms with Gasteiger partial charge in [0.25, 0.3) is 0 Å². The summed E-state index contributed by atoms with van der Waals surface area (Å²) in [4.78, 5) is 23.8. The highest BCUT2D eigenvalue weighted by molar-refractivity contribution is 5.99. The van der Waals surface area contributed by atoms with Crippen molar-refractivity contribution in [3.8, 4) is 0 Å². The monoisotopic (exact) mass is 256 g/mol. The lowest BCUT2D eigenvalue weighted by Gasteiger charge is -2.15. The smallest absolute Gasteiger partial charge is 0.338 e. The van der Waals surface area contributed by atoms with Crippen molar-refractivity contribution in [1.29, 1.82) is 0 Å². The first-order valence-electron chi connectivity index (χ1n) is 6.05. The van der Waals surface area contributed by atoms with Crippen molar-refractivity contribution in [2.75, 3.05) is 6.61 Å². The van der Waals surface area contributed by atoms with E-state index >= 15 is 0 Å². The summed E-state index contributed by atoms with van der Waals surface area (Å²) >= 11 is 0. The Bertz CT molecular complexity index is 675. The molecule has 0 aliphatic carbocycles. The molecule has 3 aliphatic heterocycles. The first-order valence-corrected chi connectivity index (χ1v) is 6.05. The van der Waals surface area contributed by atoms with E-state index in [1.807, 2.05) is 0 Å². The molecular formula is C15H12O4. The number of hydrogen-bond acceptors (Lipinski definition) is 4. The van der Waals surface area contributed by atoms with Gasteiger partial charge in [0.1, 0.15) is 12.7 Å². The van der Waals surface area contributed by atoms with Gasteiger partial charge in [0, 0.05) is 0 Å². The molecule has 1 atom stereocenters. The molecule has 19 heavy (non-hydrogen) atoms. The van der Waals surface area contributed by atoms with Gasteiger partial charge in [-0.25, -0.2) is 9.59 Å². The van der Waals surface area contributed by atoms with Gasteiger partial charge in [-0.05, 0) is 42.0 Å². The van der Waals surface area contributed by atoms with E-state index in [0.717, 1.165) is 10.8 Å². The maximum Gasteiger partial charge on any atom is 0.338 e. The lowest BCUT2D eigenvalue weighted by molar-refractivity contribution is 0.00446. The van der Waals surface area contributed by atoms with Crippen LogP contribution < -0.4 is 0 Å². The molecule has 0 radical (unpaired) electrons. The maximum atomic E-state index is 11.9. The third kappa shape index (κ3) is 2.17. The molecule has 2 aromatic carbocycles. The van der Waals surface area contributed by atoms with E-state index in [1.165, 1.54) is 0 Å². The largest absolute Gasteiger partial charge is 0.458 e. The Hall–Kier alpha value is -2.36. The molecule has 4 heteroatoms. The van der Waals surface area contributed by atoms with Gasteiger partial charge < -0.3 is 9.47 Å². The zero-order valence-electron chi connectivity index (χ0n) is 10.4. The van der Waals surface area contributed by atoms with Gasteiger partial charge in [-0.2, -0.15) is 0 Å². The first kappa shape index (κ1) is 11.7. The van der Waals surface area contributed by atoms with Gasteiger partial charge in [0.2, 0.25) is 0 Å². The molecule has 1 unspecified atom stereocenters. The normalized spacial score (nSPS) is 19.1. The Labute approximate surface area is 109 Å². The van der Waals surface area contributed by atoms with Crippen LogP contribution in [0.1, 0.15) is 27.6 Å². The molecule has 0 N–H and O–H groups in total. The fraction of sp³-hybridized carbons (Fsp3) is 0.200. The van der Waals surface area contributed by atoms with Crippen molar-refractivity contribution in [3.63, 3.8) is 0 Å². The van der Waals surface area contributed by atoms with Crippen LogP contribution >= 0.6 is 0 Å². The maximum absolute atomic E-state index is 11.9. The van der Waals surface area contributed by atoms with Crippen molar-refractivity contribution < 1.29 is 19.1 Å². The van der Waals surface area contributed by atoms with Gasteiger partial charge in [0.15, 0.2) is 0 Å². The number of esters is 2. The van der Waals surface area contributed by atoms with Crippen LogP contribution in [0.2, 0.25) is 0 Å². The molecule has 3 heterocycles. The molecule has 96 valence electrons. The Morgan fingerprint density at radius 2 is 1.53 bits per heavy atom. The van der Waals surface area contributed by atoms with E-state index in [9.17, 15) is 9.59 Å². The summed E-state index contributed by atoms with van der Waals surface area (Å²) in [6.45, 7) is 1.75. The number of carbonyl (C=O) groups excluding carboxylic acids is 2. The van der Waals surface area contributed by atoms with Gasteiger partial charge in [-0.15, -0.1) is 0 Å². The predicted octanol–water partition coefficient (Wildman–Crippen LogP) is 2.56. The molecule has 5 rings (SSSR count). The second-order valence-electron chi connectivity index (χ2n) is 4.59. The molecule has 0 spiro atoms. The standard InChI is InChI=1S/C15H12O4/c1-9-8-18-14(16)12-4-2-11-7-13(15(17)19-9)5-3-10(11)6-12/h2-7,9H,8H2,1H3. The number of ether oxygens (including phenoxy) is 2. The van der Waals surface area contributed by atoms with Crippen molar-refractivity contribution in [1.82, 2.24) is 0 Å². The van der Waals surface area contributed by atoms with Crippen LogP contribution in [0.5, 0.6) is 0 Å². The third-order valence-electron chi connectivity index (χ3n) is 3.07. The zero-order chi connectivity index (χ0) is 13.4. The van der Waals surface area contributed by atoms with Crippen molar-refractivity contribution in [3.05, 3.63) is 47.5 Å². The van der Waals surface area contributed by atoms with E-state index in [1.54, 1.807) is 43.3 Å². The molecule has 0 aromatic heterocycles. The summed E-state index contributed by atoms with van der Waals surface area (Å²) in [5.41, 5.74) is 0.998. The second kappa shape index (κ2) is 4.39. The van der Waals surface area contributed by atoms with Gasteiger partial charge >= 0.3 is 11.9 Å². The fourth-order valence-electron chi connectivity index (χ4n) is 2.06. The molecule has 3 aliphatic rings. The fourth-order valence-corrected chi connectivity index (χ4v) is 2.06.